The SMILES string of the molecule is COc1cc(CCN(C(=O)Nc2ncc(SCC(=O)O)s2)C2CCC(C)CC2)ccc1C(C)O. The van der Waals surface area contributed by atoms with Crippen molar-refractivity contribution in [3.63, 3.8) is 0 Å². The van der Waals surface area contributed by atoms with Gasteiger partial charge in [-0.3, -0.25) is 10.1 Å². The molecular weight excluding hydrogens is 474 g/mol. The number of nitrogens with one attached hydrogen (secondary N) is 1. The summed E-state index contributed by atoms with van der Waals surface area (Å²) >= 11 is 2.47. The summed E-state index contributed by atoms with van der Waals surface area (Å²) in [7, 11) is 1.59. The quantitative estimate of drug-likeness (QED) is 0.386. The van der Waals surface area contributed by atoms with Gasteiger partial charge in [0, 0.05) is 18.2 Å². The Balaban J connectivity index is 1.70. The molecule has 3 rings (SSSR count). The van der Waals surface area contributed by atoms with E-state index in [1.165, 1.54) is 23.1 Å². The number of thiazole rings is 1. The highest BCUT2D eigenvalue weighted by molar-refractivity contribution is 8.01. The van der Waals surface area contributed by atoms with E-state index >= 15 is 0 Å². The van der Waals surface area contributed by atoms with Crippen molar-refractivity contribution < 1.29 is 24.5 Å². The molecule has 1 heterocycles. The van der Waals surface area contributed by atoms with E-state index < -0.39 is 12.1 Å². The van der Waals surface area contributed by atoms with Gasteiger partial charge in [0.15, 0.2) is 5.13 Å². The van der Waals surface area contributed by atoms with Gasteiger partial charge in [0.2, 0.25) is 0 Å². The maximum Gasteiger partial charge on any atom is 0.323 e. The van der Waals surface area contributed by atoms with E-state index in [4.69, 9.17) is 9.84 Å². The lowest BCUT2D eigenvalue weighted by Crippen LogP contribution is -2.45. The van der Waals surface area contributed by atoms with Gasteiger partial charge in [-0.1, -0.05) is 30.4 Å². The number of carboxylic acids is 1. The molecule has 0 spiro atoms. The molecular formula is C24H33N3O5S2. The molecule has 1 aromatic carbocycles. The van der Waals surface area contributed by atoms with Crippen molar-refractivity contribution in [1.29, 1.82) is 0 Å². The van der Waals surface area contributed by atoms with Crippen LogP contribution in [-0.4, -0.2) is 57.5 Å². The first-order valence-electron chi connectivity index (χ1n) is 11.5. The highest BCUT2D eigenvalue weighted by atomic mass is 32.2. The zero-order valence-electron chi connectivity index (χ0n) is 19.8. The van der Waals surface area contributed by atoms with Gasteiger partial charge in [0.25, 0.3) is 0 Å². The predicted octanol–water partition coefficient (Wildman–Crippen LogP) is 5.04. The summed E-state index contributed by atoms with van der Waals surface area (Å²) in [5, 5.41) is 22.2. The summed E-state index contributed by atoms with van der Waals surface area (Å²) in [6.07, 6.45) is 5.76. The number of aliphatic carboxylic acids is 1. The number of hydrogen-bond acceptors (Lipinski definition) is 7. The Bertz CT molecular complexity index is 973. The Morgan fingerprint density at radius 3 is 2.71 bits per heavy atom. The fraction of sp³-hybridized carbons (Fsp3) is 0.542. The molecule has 0 bridgehead atoms. The summed E-state index contributed by atoms with van der Waals surface area (Å²) in [5.41, 5.74) is 1.77. The molecule has 1 fully saturated rings. The van der Waals surface area contributed by atoms with Crippen molar-refractivity contribution in [2.75, 3.05) is 24.7 Å². The van der Waals surface area contributed by atoms with E-state index in [9.17, 15) is 14.7 Å². The Morgan fingerprint density at radius 2 is 2.06 bits per heavy atom. The van der Waals surface area contributed by atoms with Crippen molar-refractivity contribution in [1.82, 2.24) is 9.88 Å². The lowest BCUT2D eigenvalue weighted by molar-refractivity contribution is -0.133. The van der Waals surface area contributed by atoms with Crippen LogP contribution in [0.1, 0.15) is 56.8 Å². The van der Waals surface area contributed by atoms with Gasteiger partial charge in [0.05, 0.1) is 29.4 Å². The van der Waals surface area contributed by atoms with E-state index in [0.717, 1.165) is 41.0 Å². The lowest BCUT2D eigenvalue weighted by Gasteiger charge is -2.36. The highest BCUT2D eigenvalue weighted by Gasteiger charge is 2.28. The minimum absolute atomic E-state index is 0.0424. The fourth-order valence-corrected chi connectivity index (χ4v) is 5.77. The number of urea groups is 1. The number of hydrogen-bond donors (Lipinski definition) is 3. The van der Waals surface area contributed by atoms with Crippen LogP contribution in [0.25, 0.3) is 0 Å². The van der Waals surface area contributed by atoms with Crippen LogP contribution in [0.15, 0.2) is 28.6 Å². The van der Waals surface area contributed by atoms with Gasteiger partial charge < -0.3 is 19.8 Å². The zero-order valence-corrected chi connectivity index (χ0v) is 21.5. The molecule has 1 unspecified atom stereocenters. The van der Waals surface area contributed by atoms with Crippen molar-refractivity contribution in [2.24, 2.45) is 5.92 Å². The molecule has 1 aliphatic carbocycles. The number of benzene rings is 1. The summed E-state index contributed by atoms with van der Waals surface area (Å²) < 4.78 is 6.20. The smallest absolute Gasteiger partial charge is 0.323 e. The first-order chi connectivity index (χ1) is 16.3. The van der Waals surface area contributed by atoms with Crippen LogP contribution < -0.4 is 10.1 Å². The van der Waals surface area contributed by atoms with E-state index in [1.807, 2.05) is 23.1 Å². The van der Waals surface area contributed by atoms with Crippen molar-refractivity contribution in [2.45, 2.75) is 62.3 Å². The number of aliphatic hydroxyl groups is 1. The van der Waals surface area contributed by atoms with Gasteiger partial charge >= 0.3 is 12.0 Å². The second-order valence-corrected chi connectivity index (χ2v) is 11.0. The fourth-order valence-electron chi connectivity index (χ4n) is 4.19. The second-order valence-electron chi connectivity index (χ2n) is 8.71. The summed E-state index contributed by atoms with van der Waals surface area (Å²) in [5.74, 6) is 0.384. The van der Waals surface area contributed by atoms with Crippen LogP contribution in [-0.2, 0) is 11.2 Å². The van der Waals surface area contributed by atoms with Gasteiger partial charge in [-0.05, 0) is 56.6 Å². The number of thioether (sulfide) groups is 1. The first-order valence-corrected chi connectivity index (χ1v) is 13.3. The zero-order chi connectivity index (χ0) is 24.7. The topological polar surface area (TPSA) is 112 Å². The molecule has 0 radical (unpaired) electrons. The van der Waals surface area contributed by atoms with Crippen molar-refractivity contribution >= 4 is 40.2 Å². The third-order valence-corrected chi connectivity index (χ3v) is 8.20. The molecule has 0 saturated heterocycles. The van der Waals surface area contributed by atoms with Crippen LogP contribution in [0.4, 0.5) is 9.93 Å². The lowest BCUT2D eigenvalue weighted by atomic mass is 9.86. The van der Waals surface area contributed by atoms with E-state index in [1.54, 1.807) is 20.2 Å². The molecule has 10 heteroatoms. The number of carbonyl (C=O) groups excluding carboxylic acids is 1. The number of methoxy groups -OCH3 is 1. The largest absolute Gasteiger partial charge is 0.496 e. The van der Waals surface area contributed by atoms with Crippen LogP contribution >= 0.6 is 23.1 Å². The molecule has 1 aromatic heterocycles. The maximum absolute atomic E-state index is 13.3. The minimum Gasteiger partial charge on any atom is -0.496 e. The average molecular weight is 508 g/mol. The standard InChI is InChI=1S/C24H33N3O5S2/c1-15-4-7-18(8-5-15)27(11-10-17-6-9-19(16(2)28)20(12-17)32-3)24(31)26-23-25-13-22(34-23)33-14-21(29)30/h6,9,12-13,15-16,18,28H,4-5,7-8,10-11,14H2,1-3H3,(H,29,30)(H,25,26,31). The molecule has 186 valence electrons. The summed E-state index contributed by atoms with van der Waals surface area (Å²) in [6.45, 7) is 4.51. The number of carbonyl (C=O) groups is 2. The number of anilines is 1. The maximum atomic E-state index is 13.3. The number of aliphatic hydroxyl groups excluding tert-OH is 1. The molecule has 1 saturated carbocycles. The van der Waals surface area contributed by atoms with Gasteiger partial charge in [-0.15, -0.1) is 11.8 Å². The number of rotatable bonds is 10. The van der Waals surface area contributed by atoms with Crippen LogP contribution in [0, 0.1) is 5.92 Å². The Labute approximate surface area is 208 Å². The van der Waals surface area contributed by atoms with Crippen LogP contribution in [0.5, 0.6) is 5.75 Å². The van der Waals surface area contributed by atoms with Crippen LogP contribution in [0.3, 0.4) is 0 Å². The highest BCUT2D eigenvalue weighted by Crippen LogP contribution is 2.31. The Morgan fingerprint density at radius 1 is 1.32 bits per heavy atom. The number of carboxylic acid groups (broad SMARTS) is 1. The normalized spacial score (nSPS) is 18.8. The molecule has 0 aliphatic heterocycles. The van der Waals surface area contributed by atoms with Gasteiger partial charge in [-0.25, -0.2) is 9.78 Å². The molecule has 1 atom stereocenters. The number of amides is 2. The average Bonchev–Trinajstić information content (AvgIpc) is 3.25. The number of aromatic nitrogens is 1. The third kappa shape index (κ3) is 7.35. The third-order valence-electron chi connectivity index (χ3n) is 6.11. The Hall–Kier alpha value is -2.30. The monoisotopic (exact) mass is 507 g/mol. The van der Waals surface area contributed by atoms with Crippen LogP contribution in [0.2, 0.25) is 0 Å². The Kier molecular flexibility index (Phi) is 9.61. The van der Waals surface area contributed by atoms with Crippen molar-refractivity contribution in [3.05, 3.63) is 35.5 Å². The van der Waals surface area contributed by atoms with E-state index in [-0.39, 0.29) is 17.8 Å². The van der Waals surface area contributed by atoms with Gasteiger partial charge in [0.1, 0.15) is 5.75 Å². The summed E-state index contributed by atoms with van der Waals surface area (Å²) in [6, 6.07) is 5.74. The number of nitrogens with zero attached hydrogens (tertiary/aromatic N) is 2. The molecule has 1 aliphatic rings. The molecule has 34 heavy (non-hydrogen) atoms. The molecule has 2 amide bonds. The molecule has 3 N–H and O–H groups in total. The van der Waals surface area contributed by atoms with E-state index in [2.05, 4.69) is 17.2 Å². The minimum atomic E-state index is -0.889. The van der Waals surface area contributed by atoms with E-state index in [0.29, 0.717) is 29.8 Å². The molecule has 8 nitrogen and oxygen atoms in total. The predicted molar refractivity (Wildman–Crippen MR) is 135 cm³/mol. The molecule has 2 aromatic rings. The second kappa shape index (κ2) is 12.4. The first kappa shape index (κ1) is 26.3. The van der Waals surface area contributed by atoms with Gasteiger partial charge in [-0.2, -0.15) is 0 Å². The number of ether oxygens (including phenoxy) is 1. The summed E-state index contributed by atoms with van der Waals surface area (Å²) in [4.78, 5) is 30.2. The van der Waals surface area contributed by atoms with Crippen molar-refractivity contribution in [3.8, 4) is 5.75 Å².